The zero-order valence-corrected chi connectivity index (χ0v) is 17.5. The summed E-state index contributed by atoms with van der Waals surface area (Å²) >= 11 is 0. The second-order valence-electron chi connectivity index (χ2n) is 7.85. The van der Waals surface area contributed by atoms with E-state index >= 15 is 0 Å². The molecule has 4 heterocycles. The van der Waals surface area contributed by atoms with Crippen LogP contribution in [0.25, 0.3) is 11.3 Å². The van der Waals surface area contributed by atoms with Crippen LogP contribution in [0.15, 0.2) is 24.5 Å². The Bertz CT molecular complexity index is 1330. The van der Waals surface area contributed by atoms with Gasteiger partial charge in [0.2, 0.25) is 5.91 Å². The molecular formula is C21H23N9O2. The average Bonchev–Trinajstić information content (AvgIpc) is 3.55. The molecule has 1 fully saturated rings. The zero-order chi connectivity index (χ0) is 24.9. The average molecular weight is 436 g/mol. The Morgan fingerprint density at radius 3 is 2.84 bits per heavy atom. The number of aryl methyl sites for hydroxylation is 1. The van der Waals surface area contributed by atoms with Gasteiger partial charge < -0.3 is 20.9 Å². The van der Waals surface area contributed by atoms with Crippen molar-refractivity contribution >= 4 is 34.8 Å². The maximum atomic E-state index is 12.8. The Balaban J connectivity index is 1.54. The van der Waals surface area contributed by atoms with E-state index in [2.05, 4.69) is 30.8 Å². The van der Waals surface area contributed by atoms with Crippen LogP contribution in [0.2, 0.25) is 0 Å². The van der Waals surface area contributed by atoms with Gasteiger partial charge in [0.15, 0.2) is 5.82 Å². The Morgan fingerprint density at radius 1 is 1.22 bits per heavy atom. The molecule has 32 heavy (non-hydrogen) atoms. The van der Waals surface area contributed by atoms with Crippen molar-refractivity contribution in [2.45, 2.75) is 19.4 Å². The summed E-state index contributed by atoms with van der Waals surface area (Å²) in [6, 6.07) is 3.33. The van der Waals surface area contributed by atoms with Crippen LogP contribution in [0.3, 0.4) is 0 Å². The topological polar surface area (TPSA) is 130 Å². The molecule has 11 heteroatoms. The number of nitrogens with zero attached hydrogens (tertiary/aromatic N) is 6. The Kier molecular flexibility index (Phi) is 3.95. The number of fused-ring (bicyclic) bond motifs is 3. The molecule has 3 aromatic heterocycles. The van der Waals surface area contributed by atoms with E-state index in [4.69, 9.17) is 4.11 Å². The van der Waals surface area contributed by atoms with Gasteiger partial charge in [-0.1, -0.05) is 0 Å². The standard InChI is InChI=1S/C21H23N9O2/c1-22-21(32)13-9-24-16(26-20(31)11-4-5-11)8-14(13)25-19-18-12(6-7-23-19)17-15(10-29(18)2)27-30(3)28-17/h6-9,11H,4-5,10H2,1-3H3,(H,22,32)(H2,23,24,25,26,31)/i1D3. The highest BCUT2D eigenvalue weighted by atomic mass is 16.2. The number of hydrogen-bond acceptors (Lipinski definition) is 8. The van der Waals surface area contributed by atoms with Crippen LogP contribution < -0.4 is 20.9 Å². The van der Waals surface area contributed by atoms with E-state index in [-0.39, 0.29) is 28.9 Å². The molecule has 5 rings (SSSR count). The monoisotopic (exact) mass is 436 g/mol. The predicted molar refractivity (Wildman–Crippen MR) is 119 cm³/mol. The molecule has 0 radical (unpaired) electrons. The van der Waals surface area contributed by atoms with Crippen LogP contribution in [-0.4, -0.2) is 50.8 Å². The number of amides is 2. The second-order valence-corrected chi connectivity index (χ2v) is 7.85. The molecule has 0 spiro atoms. The minimum Gasteiger partial charge on any atom is -0.365 e. The van der Waals surface area contributed by atoms with E-state index in [0.717, 1.165) is 35.5 Å². The lowest BCUT2D eigenvalue weighted by molar-refractivity contribution is -0.117. The fraction of sp³-hybridized carbons (Fsp3) is 0.333. The lowest BCUT2D eigenvalue weighted by Crippen LogP contribution is -2.24. The zero-order valence-electron chi connectivity index (χ0n) is 20.5. The molecule has 0 bridgehead atoms. The van der Waals surface area contributed by atoms with E-state index < -0.39 is 12.9 Å². The summed E-state index contributed by atoms with van der Waals surface area (Å²) in [5.74, 6) is -0.355. The molecule has 0 saturated heterocycles. The fourth-order valence-electron chi connectivity index (χ4n) is 3.77. The molecule has 11 nitrogen and oxygen atoms in total. The molecule has 0 aromatic carbocycles. The van der Waals surface area contributed by atoms with Gasteiger partial charge in [0.1, 0.15) is 17.2 Å². The molecule has 0 atom stereocenters. The third-order valence-corrected chi connectivity index (χ3v) is 5.45. The third kappa shape index (κ3) is 3.51. The Hall–Kier alpha value is -4.02. The summed E-state index contributed by atoms with van der Waals surface area (Å²) in [5.41, 5.74) is 3.34. The first-order valence-electron chi connectivity index (χ1n) is 11.6. The van der Waals surface area contributed by atoms with E-state index in [9.17, 15) is 9.59 Å². The van der Waals surface area contributed by atoms with Crippen molar-refractivity contribution < 1.29 is 13.7 Å². The molecular weight excluding hydrogens is 410 g/mol. The molecule has 1 saturated carbocycles. The summed E-state index contributed by atoms with van der Waals surface area (Å²) in [7, 11) is 3.64. The summed E-state index contributed by atoms with van der Waals surface area (Å²) in [6.07, 6.45) is 4.49. The highest BCUT2D eigenvalue weighted by molar-refractivity contribution is 6.02. The van der Waals surface area contributed by atoms with Crippen LogP contribution in [0.1, 0.15) is 33.0 Å². The largest absolute Gasteiger partial charge is 0.365 e. The van der Waals surface area contributed by atoms with Crippen molar-refractivity contribution in [3.8, 4) is 11.3 Å². The van der Waals surface area contributed by atoms with Crippen molar-refractivity contribution in [2.75, 3.05) is 29.6 Å². The van der Waals surface area contributed by atoms with Crippen molar-refractivity contribution in [2.24, 2.45) is 13.0 Å². The number of nitrogens with one attached hydrogen (secondary N) is 3. The van der Waals surface area contributed by atoms with Gasteiger partial charge in [-0.2, -0.15) is 15.0 Å². The van der Waals surface area contributed by atoms with Crippen LogP contribution >= 0.6 is 0 Å². The first kappa shape index (κ1) is 16.6. The number of hydrogen-bond donors (Lipinski definition) is 3. The maximum absolute atomic E-state index is 12.8. The van der Waals surface area contributed by atoms with E-state index in [1.807, 2.05) is 23.3 Å². The predicted octanol–water partition coefficient (Wildman–Crippen LogP) is 1.67. The van der Waals surface area contributed by atoms with Crippen molar-refractivity contribution in [3.63, 3.8) is 0 Å². The first-order chi connectivity index (χ1) is 16.6. The van der Waals surface area contributed by atoms with Crippen LogP contribution in [0.5, 0.6) is 0 Å². The first-order valence-corrected chi connectivity index (χ1v) is 10.1. The Labute approximate surface area is 188 Å². The number of carbonyl (C=O) groups excluding carboxylic acids is 2. The molecule has 0 unspecified atom stereocenters. The van der Waals surface area contributed by atoms with Gasteiger partial charge >= 0.3 is 0 Å². The van der Waals surface area contributed by atoms with Gasteiger partial charge in [0.05, 0.1) is 23.5 Å². The SMILES string of the molecule is [2H]C([2H])([2H])NC(=O)c1cnc(NC(=O)C2CC2)cc1Nc1nccc2c1N(C)Cc1nn(C)nc1-2. The third-order valence-electron chi connectivity index (χ3n) is 5.45. The lowest BCUT2D eigenvalue weighted by atomic mass is 10.0. The molecule has 3 aromatic rings. The smallest absolute Gasteiger partial charge is 0.254 e. The quantitative estimate of drug-likeness (QED) is 0.551. The number of rotatable bonds is 5. The molecule has 1 aliphatic carbocycles. The molecule has 2 aliphatic rings. The van der Waals surface area contributed by atoms with Gasteiger partial charge in [0, 0.05) is 55.1 Å². The van der Waals surface area contributed by atoms with Crippen LogP contribution in [0.4, 0.5) is 23.0 Å². The molecule has 3 N–H and O–H groups in total. The van der Waals surface area contributed by atoms with E-state index in [0.29, 0.717) is 12.4 Å². The Morgan fingerprint density at radius 2 is 2.06 bits per heavy atom. The summed E-state index contributed by atoms with van der Waals surface area (Å²) in [4.78, 5) is 37.1. The number of pyridine rings is 2. The summed E-state index contributed by atoms with van der Waals surface area (Å²) in [5, 5.41) is 16.8. The van der Waals surface area contributed by atoms with E-state index in [1.54, 1.807) is 13.2 Å². The van der Waals surface area contributed by atoms with Crippen LogP contribution in [-0.2, 0) is 18.4 Å². The maximum Gasteiger partial charge on any atom is 0.254 e. The summed E-state index contributed by atoms with van der Waals surface area (Å²) < 4.78 is 22.2. The summed E-state index contributed by atoms with van der Waals surface area (Å²) in [6.45, 7) is -2.18. The van der Waals surface area contributed by atoms with Gasteiger partial charge in [0.25, 0.3) is 5.91 Å². The van der Waals surface area contributed by atoms with Crippen LogP contribution in [0, 0.1) is 5.92 Å². The van der Waals surface area contributed by atoms with Crippen molar-refractivity contribution in [3.05, 3.63) is 35.8 Å². The fourth-order valence-corrected chi connectivity index (χ4v) is 3.77. The van der Waals surface area contributed by atoms with E-state index in [1.165, 1.54) is 17.1 Å². The molecule has 1 aliphatic heterocycles. The highest BCUT2D eigenvalue weighted by Gasteiger charge is 2.30. The number of anilines is 4. The second kappa shape index (κ2) is 7.59. The highest BCUT2D eigenvalue weighted by Crippen LogP contribution is 2.41. The van der Waals surface area contributed by atoms with Crippen molar-refractivity contribution in [1.82, 2.24) is 30.3 Å². The lowest BCUT2D eigenvalue weighted by Gasteiger charge is -2.28. The normalized spacial score (nSPS) is 16.2. The minimum atomic E-state index is -2.68. The minimum absolute atomic E-state index is 0.0106. The molecule has 164 valence electrons. The van der Waals surface area contributed by atoms with Gasteiger partial charge in [-0.15, -0.1) is 0 Å². The van der Waals surface area contributed by atoms with Gasteiger partial charge in [-0.25, -0.2) is 9.97 Å². The van der Waals surface area contributed by atoms with Gasteiger partial charge in [-0.3, -0.25) is 9.59 Å². The van der Waals surface area contributed by atoms with Crippen molar-refractivity contribution in [1.29, 1.82) is 0 Å². The number of aromatic nitrogens is 5. The number of carbonyl (C=O) groups is 2. The van der Waals surface area contributed by atoms with Gasteiger partial charge in [-0.05, 0) is 18.9 Å². The molecule has 2 amide bonds.